The Morgan fingerprint density at radius 1 is 0.722 bits per heavy atom. The average Bonchev–Trinajstić information content (AvgIpc) is 3.72. The second-order valence-electron chi connectivity index (χ2n) is 9.28. The van der Waals surface area contributed by atoms with Crippen LogP contribution in [0.1, 0.15) is 46.4 Å². The molecular formula is C22H20F6N4O4. The highest BCUT2D eigenvalue weighted by atomic mass is 19.4. The van der Waals surface area contributed by atoms with Crippen LogP contribution in [0.2, 0.25) is 0 Å². The lowest BCUT2D eigenvalue weighted by Crippen LogP contribution is -2.60. The average molecular weight is 518 g/mol. The molecule has 2 aliphatic heterocycles. The number of hydrazine groups is 2. The van der Waals surface area contributed by atoms with E-state index in [-0.39, 0.29) is 44.4 Å². The summed E-state index contributed by atoms with van der Waals surface area (Å²) in [5, 5.41) is 20.7. The van der Waals surface area contributed by atoms with Crippen molar-refractivity contribution in [2.45, 2.75) is 49.5 Å². The zero-order chi connectivity index (χ0) is 26.3. The second-order valence-corrected chi connectivity index (χ2v) is 9.28. The number of benzene rings is 1. The summed E-state index contributed by atoms with van der Waals surface area (Å²) in [6.07, 6.45) is -6.98. The van der Waals surface area contributed by atoms with Gasteiger partial charge in [0.25, 0.3) is 23.3 Å². The summed E-state index contributed by atoms with van der Waals surface area (Å²) in [7, 11) is 0. The normalized spacial score (nSPS) is 28.4. The molecule has 4 aliphatic rings. The van der Waals surface area contributed by atoms with E-state index >= 15 is 0 Å². The van der Waals surface area contributed by atoms with Crippen molar-refractivity contribution in [2.24, 2.45) is 11.8 Å². The Balaban J connectivity index is 1.37. The van der Waals surface area contributed by atoms with Gasteiger partial charge in [0.15, 0.2) is 0 Å². The first-order valence-corrected chi connectivity index (χ1v) is 11.0. The van der Waals surface area contributed by atoms with Gasteiger partial charge in [0.2, 0.25) is 0 Å². The number of halogens is 6. The van der Waals surface area contributed by atoms with Crippen molar-refractivity contribution in [1.82, 2.24) is 20.9 Å². The van der Waals surface area contributed by atoms with Crippen LogP contribution < -0.4 is 10.9 Å². The van der Waals surface area contributed by atoms with E-state index in [0.29, 0.717) is 37.8 Å². The van der Waals surface area contributed by atoms with Gasteiger partial charge in [-0.15, -0.1) is 0 Å². The Bertz CT molecular complexity index is 1080. The summed E-state index contributed by atoms with van der Waals surface area (Å²) in [5.74, 6) is -3.04. The fourth-order valence-corrected chi connectivity index (χ4v) is 4.10. The van der Waals surface area contributed by atoms with E-state index in [1.807, 2.05) is 0 Å². The number of nitrogens with zero attached hydrogens (tertiary/aromatic N) is 2. The van der Waals surface area contributed by atoms with E-state index in [0.717, 1.165) is 24.3 Å². The minimum absolute atomic E-state index is 0.0355. The Kier molecular flexibility index (Phi) is 5.17. The minimum Gasteiger partial charge on any atom is -0.359 e. The van der Waals surface area contributed by atoms with Crippen LogP contribution in [0.15, 0.2) is 47.8 Å². The molecule has 0 radical (unpaired) electrons. The standard InChI is InChI=1S/C22H20F6N4O4/c23-21(24,25)19(35)9-15(11-1-2-11)29-31(19)17(33)13-5-7-14(8-6-13)18(34)32-20(36,22(26,27)28)10-16(30-32)12-3-4-12/h5-12,29-30,35-36H,1-4H2. The molecule has 0 aromatic heterocycles. The summed E-state index contributed by atoms with van der Waals surface area (Å²) in [6.45, 7) is 0. The van der Waals surface area contributed by atoms with Crippen LogP contribution in [-0.4, -0.2) is 55.8 Å². The van der Waals surface area contributed by atoms with Gasteiger partial charge in [0.1, 0.15) is 0 Å². The molecule has 194 valence electrons. The third-order valence-corrected chi connectivity index (χ3v) is 6.53. The fraction of sp³-hybridized carbons (Fsp3) is 0.455. The molecule has 0 bridgehead atoms. The maximum atomic E-state index is 13.6. The Morgan fingerprint density at radius 2 is 1.03 bits per heavy atom. The summed E-state index contributed by atoms with van der Waals surface area (Å²) in [6, 6.07) is 3.78. The fourth-order valence-electron chi connectivity index (χ4n) is 4.10. The maximum Gasteiger partial charge on any atom is 0.442 e. The lowest BCUT2D eigenvalue weighted by Gasteiger charge is -2.34. The van der Waals surface area contributed by atoms with Crippen LogP contribution in [0.25, 0.3) is 0 Å². The molecule has 1 aromatic carbocycles. The van der Waals surface area contributed by atoms with Crippen LogP contribution in [0.3, 0.4) is 0 Å². The molecule has 2 fully saturated rings. The van der Waals surface area contributed by atoms with Gasteiger partial charge >= 0.3 is 12.4 Å². The number of rotatable bonds is 4. The molecule has 0 saturated heterocycles. The van der Waals surface area contributed by atoms with Crippen molar-refractivity contribution in [3.63, 3.8) is 0 Å². The highest BCUT2D eigenvalue weighted by molar-refractivity contribution is 5.98. The predicted octanol–water partition coefficient (Wildman–Crippen LogP) is 2.70. The zero-order valence-corrected chi connectivity index (χ0v) is 18.3. The number of hydrogen-bond donors (Lipinski definition) is 4. The van der Waals surface area contributed by atoms with Gasteiger partial charge < -0.3 is 10.2 Å². The summed E-state index contributed by atoms with van der Waals surface area (Å²) >= 11 is 0. The highest BCUT2D eigenvalue weighted by Crippen LogP contribution is 2.46. The highest BCUT2D eigenvalue weighted by Gasteiger charge is 2.63. The van der Waals surface area contributed by atoms with Crippen molar-refractivity contribution in [1.29, 1.82) is 0 Å². The summed E-state index contributed by atoms with van der Waals surface area (Å²) < 4.78 is 81.8. The zero-order valence-electron chi connectivity index (χ0n) is 18.3. The van der Waals surface area contributed by atoms with E-state index in [2.05, 4.69) is 10.9 Å². The number of carbonyl (C=O) groups excluding carboxylic acids is 2. The number of nitrogens with one attached hydrogen (secondary N) is 2. The smallest absolute Gasteiger partial charge is 0.359 e. The summed E-state index contributed by atoms with van der Waals surface area (Å²) in [5.41, 5.74) is -3.24. The van der Waals surface area contributed by atoms with Crippen LogP contribution in [0.4, 0.5) is 26.3 Å². The molecule has 5 rings (SSSR count). The monoisotopic (exact) mass is 518 g/mol. The van der Waals surface area contributed by atoms with Crippen LogP contribution in [0, 0.1) is 11.8 Å². The first-order chi connectivity index (χ1) is 16.7. The minimum atomic E-state index is -5.22. The molecule has 2 unspecified atom stereocenters. The molecular weight excluding hydrogens is 498 g/mol. The maximum absolute atomic E-state index is 13.6. The van der Waals surface area contributed by atoms with Crippen molar-refractivity contribution in [3.8, 4) is 0 Å². The van der Waals surface area contributed by atoms with Crippen LogP contribution >= 0.6 is 0 Å². The van der Waals surface area contributed by atoms with E-state index in [1.165, 1.54) is 0 Å². The number of hydrogen-bond acceptors (Lipinski definition) is 6. The molecule has 14 heteroatoms. The number of carbonyl (C=O) groups is 2. The molecule has 4 N–H and O–H groups in total. The first-order valence-electron chi connectivity index (χ1n) is 11.0. The second kappa shape index (κ2) is 7.62. The lowest BCUT2D eigenvalue weighted by molar-refractivity contribution is -0.283. The van der Waals surface area contributed by atoms with Crippen LogP contribution in [0.5, 0.6) is 0 Å². The molecule has 2 saturated carbocycles. The van der Waals surface area contributed by atoms with Gasteiger partial charge in [-0.3, -0.25) is 20.4 Å². The molecule has 8 nitrogen and oxygen atoms in total. The van der Waals surface area contributed by atoms with Gasteiger partial charge in [0.05, 0.1) is 0 Å². The molecule has 2 amide bonds. The number of allylic oxidation sites excluding steroid dienone is 2. The van der Waals surface area contributed by atoms with Crippen molar-refractivity contribution >= 4 is 11.8 Å². The van der Waals surface area contributed by atoms with Gasteiger partial charge in [-0.1, -0.05) is 0 Å². The Hall–Kier alpha value is -3.26. The van der Waals surface area contributed by atoms with Gasteiger partial charge in [0, 0.05) is 46.5 Å². The molecule has 1 aromatic rings. The largest absolute Gasteiger partial charge is 0.442 e. The Morgan fingerprint density at radius 3 is 1.28 bits per heavy atom. The van der Waals surface area contributed by atoms with Crippen LogP contribution in [-0.2, 0) is 0 Å². The van der Waals surface area contributed by atoms with Gasteiger partial charge in [-0.05, 0) is 49.9 Å². The molecule has 2 heterocycles. The molecule has 2 aliphatic carbocycles. The molecule has 2 atom stereocenters. The molecule has 36 heavy (non-hydrogen) atoms. The van der Waals surface area contributed by atoms with Crippen molar-refractivity contribution in [2.75, 3.05) is 0 Å². The van der Waals surface area contributed by atoms with Gasteiger partial charge in [-0.25, -0.2) is 10.0 Å². The van der Waals surface area contributed by atoms with E-state index < -0.39 is 35.6 Å². The molecule has 0 spiro atoms. The van der Waals surface area contributed by atoms with Crippen molar-refractivity contribution in [3.05, 3.63) is 58.9 Å². The van der Waals surface area contributed by atoms with E-state index in [1.54, 1.807) is 0 Å². The van der Waals surface area contributed by atoms with E-state index in [9.17, 15) is 46.1 Å². The number of amides is 2. The summed E-state index contributed by atoms with van der Waals surface area (Å²) in [4.78, 5) is 25.7. The third-order valence-electron chi connectivity index (χ3n) is 6.53. The topological polar surface area (TPSA) is 105 Å². The van der Waals surface area contributed by atoms with Crippen molar-refractivity contribution < 1.29 is 46.1 Å². The lowest BCUT2D eigenvalue weighted by atomic mass is 10.1. The predicted molar refractivity (Wildman–Crippen MR) is 109 cm³/mol. The quantitative estimate of drug-likeness (QED) is 0.457. The third kappa shape index (κ3) is 3.79. The SMILES string of the molecule is O=C(c1ccc(C(=O)N2NC(C3CC3)=CC2(O)C(F)(F)F)cc1)N1NC(C2CC2)=CC1(O)C(F)(F)F. The number of aliphatic hydroxyl groups is 2. The van der Waals surface area contributed by atoms with Gasteiger partial charge in [-0.2, -0.15) is 26.3 Å². The first kappa shape index (κ1) is 24.4. The Labute approximate surface area is 199 Å². The van der Waals surface area contributed by atoms with E-state index in [4.69, 9.17) is 0 Å². The number of alkyl halides is 6.